The molecule has 4 rings (SSSR count). The van der Waals surface area contributed by atoms with E-state index in [4.69, 9.17) is 4.74 Å². The van der Waals surface area contributed by atoms with Crippen LogP contribution in [0.25, 0.3) is 10.8 Å². The van der Waals surface area contributed by atoms with Crippen LogP contribution in [-0.2, 0) is 11.2 Å². The van der Waals surface area contributed by atoms with Gasteiger partial charge in [0.05, 0.1) is 19.2 Å². The van der Waals surface area contributed by atoms with Gasteiger partial charge in [0.1, 0.15) is 12.1 Å². The molecule has 29 heavy (non-hydrogen) atoms. The second kappa shape index (κ2) is 8.39. The first kappa shape index (κ1) is 19.1. The molecule has 150 valence electrons. The predicted octanol–water partition coefficient (Wildman–Crippen LogP) is 1.46. The fourth-order valence-electron chi connectivity index (χ4n) is 3.15. The number of benzene rings is 1. The molecule has 1 aliphatic rings. The summed E-state index contributed by atoms with van der Waals surface area (Å²) in [6.07, 6.45) is 1.66. The van der Waals surface area contributed by atoms with Crippen LogP contribution in [0.2, 0.25) is 0 Å². The van der Waals surface area contributed by atoms with Gasteiger partial charge in [-0.2, -0.15) is 5.10 Å². The van der Waals surface area contributed by atoms with Crippen LogP contribution in [0.5, 0.6) is 5.75 Å². The molecule has 0 spiro atoms. The third kappa shape index (κ3) is 4.27. The molecule has 1 aromatic carbocycles. The van der Waals surface area contributed by atoms with Crippen LogP contribution < -0.4 is 4.74 Å². The van der Waals surface area contributed by atoms with E-state index < -0.39 is 0 Å². The number of aromatic nitrogens is 4. The van der Waals surface area contributed by atoms with Crippen molar-refractivity contribution in [3.8, 4) is 16.6 Å². The zero-order valence-corrected chi connectivity index (χ0v) is 16.7. The minimum Gasteiger partial charge on any atom is -0.497 e. The van der Waals surface area contributed by atoms with Gasteiger partial charge in [-0.15, -0.1) is 11.3 Å². The quantitative estimate of drug-likeness (QED) is 0.680. The number of amides is 2. The third-order valence-electron chi connectivity index (χ3n) is 4.76. The number of H-pyrrole nitrogens is 1. The van der Waals surface area contributed by atoms with Crippen LogP contribution in [0.1, 0.15) is 16.1 Å². The number of nitrogens with one attached hydrogen (secondary N) is 1. The van der Waals surface area contributed by atoms with Crippen molar-refractivity contribution in [3.63, 3.8) is 0 Å². The molecule has 0 aliphatic carbocycles. The molecular weight excluding hydrogens is 392 g/mol. The summed E-state index contributed by atoms with van der Waals surface area (Å²) in [5.74, 6) is 1.29. The van der Waals surface area contributed by atoms with Crippen LogP contribution in [0.15, 0.2) is 36.0 Å². The van der Waals surface area contributed by atoms with Gasteiger partial charge in [0.25, 0.3) is 5.91 Å². The van der Waals surface area contributed by atoms with Crippen molar-refractivity contribution in [1.82, 2.24) is 30.0 Å². The van der Waals surface area contributed by atoms with Gasteiger partial charge in [0.2, 0.25) is 5.91 Å². The van der Waals surface area contributed by atoms with E-state index in [2.05, 4.69) is 20.2 Å². The van der Waals surface area contributed by atoms with Gasteiger partial charge in [-0.25, -0.2) is 9.97 Å². The third-order valence-corrected chi connectivity index (χ3v) is 5.66. The predicted molar refractivity (Wildman–Crippen MR) is 107 cm³/mol. The summed E-state index contributed by atoms with van der Waals surface area (Å²) in [6.45, 7) is 2.05. The molecular formula is C19H20N6O3S. The topological polar surface area (TPSA) is 104 Å². The lowest BCUT2D eigenvalue weighted by Gasteiger charge is -2.34. The lowest BCUT2D eigenvalue weighted by atomic mass is 10.1. The van der Waals surface area contributed by atoms with Gasteiger partial charge in [0, 0.05) is 37.1 Å². The molecule has 3 aromatic rings. The first-order valence-electron chi connectivity index (χ1n) is 9.15. The first-order valence-corrected chi connectivity index (χ1v) is 10.0. The summed E-state index contributed by atoms with van der Waals surface area (Å²) >= 11 is 1.42. The number of carbonyl (C=O) groups excluding carboxylic acids is 2. The van der Waals surface area contributed by atoms with E-state index >= 15 is 0 Å². The van der Waals surface area contributed by atoms with Crippen LogP contribution in [0.4, 0.5) is 0 Å². The van der Waals surface area contributed by atoms with E-state index in [1.165, 1.54) is 17.7 Å². The van der Waals surface area contributed by atoms with Crippen molar-refractivity contribution in [2.24, 2.45) is 0 Å². The van der Waals surface area contributed by atoms with E-state index in [9.17, 15) is 9.59 Å². The van der Waals surface area contributed by atoms with Crippen molar-refractivity contribution in [1.29, 1.82) is 0 Å². The molecule has 0 unspecified atom stereocenters. The van der Waals surface area contributed by atoms with Crippen molar-refractivity contribution in [2.75, 3.05) is 33.3 Å². The number of aromatic amines is 1. The highest BCUT2D eigenvalue weighted by molar-refractivity contribution is 7.13. The summed E-state index contributed by atoms with van der Waals surface area (Å²) in [4.78, 5) is 37.3. The Balaban J connectivity index is 1.30. The summed E-state index contributed by atoms with van der Waals surface area (Å²) in [7, 11) is 1.59. The Morgan fingerprint density at radius 2 is 1.86 bits per heavy atom. The van der Waals surface area contributed by atoms with Gasteiger partial charge in [-0.1, -0.05) is 0 Å². The Labute approximate surface area is 171 Å². The number of carbonyl (C=O) groups is 2. The molecule has 2 amide bonds. The van der Waals surface area contributed by atoms with Gasteiger partial charge in [0.15, 0.2) is 10.8 Å². The van der Waals surface area contributed by atoms with Gasteiger partial charge >= 0.3 is 0 Å². The van der Waals surface area contributed by atoms with Gasteiger partial charge in [-0.05, 0) is 24.3 Å². The van der Waals surface area contributed by atoms with Crippen molar-refractivity contribution >= 4 is 23.2 Å². The Bertz CT molecular complexity index is 978. The maximum Gasteiger partial charge on any atom is 0.253 e. The summed E-state index contributed by atoms with van der Waals surface area (Å²) in [6, 6.07) is 7.06. The number of thiazole rings is 1. The smallest absolute Gasteiger partial charge is 0.253 e. The summed E-state index contributed by atoms with van der Waals surface area (Å²) in [5.41, 5.74) is 1.33. The second-order valence-corrected chi connectivity index (χ2v) is 7.41. The minimum absolute atomic E-state index is 0.0102. The van der Waals surface area contributed by atoms with Gasteiger partial charge in [-0.3, -0.25) is 14.7 Å². The molecule has 10 heteroatoms. The van der Waals surface area contributed by atoms with Crippen LogP contribution >= 0.6 is 11.3 Å². The number of ether oxygens (including phenoxy) is 1. The van der Waals surface area contributed by atoms with Crippen molar-refractivity contribution < 1.29 is 14.3 Å². The monoisotopic (exact) mass is 412 g/mol. The van der Waals surface area contributed by atoms with E-state index in [0.717, 1.165) is 0 Å². The molecule has 1 aliphatic heterocycles. The fraction of sp³-hybridized carbons (Fsp3) is 0.316. The average Bonchev–Trinajstić information content (AvgIpc) is 3.45. The highest BCUT2D eigenvalue weighted by Crippen LogP contribution is 2.20. The maximum atomic E-state index is 12.6. The average molecular weight is 412 g/mol. The van der Waals surface area contributed by atoms with Crippen molar-refractivity contribution in [2.45, 2.75) is 6.42 Å². The Kier molecular flexibility index (Phi) is 5.52. The maximum absolute atomic E-state index is 12.6. The molecule has 1 fully saturated rings. The highest BCUT2D eigenvalue weighted by Gasteiger charge is 2.25. The number of nitrogens with zero attached hydrogens (tertiary/aromatic N) is 5. The highest BCUT2D eigenvalue weighted by atomic mass is 32.1. The van der Waals surface area contributed by atoms with E-state index in [1.54, 1.807) is 41.2 Å². The SMILES string of the molecule is COc1ccc(C(=O)N2CCN(C(=O)Cc3csc(-c4ncn[nH]4)n3)CC2)cc1. The fourth-order valence-corrected chi connectivity index (χ4v) is 3.91. The lowest BCUT2D eigenvalue weighted by molar-refractivity contribution is -0.132. The second-order valence-electron chi connectivity index (χ2n) is 6.56. The molecule has 9 nitrogen and oxygen atoms in total. The Morgan fingerprint density at radius 3 is 2.52 bits per heavy atom. The zero-order valence-electron chi connectivity index (χ0n) is 15.9. The molecule has 3 heterocycles. The number of methoxy groups -OCH3 is 1. The van der Waals surface area contributed by atoms with E-state index in [1.807, 2.05) is 5.38 Å². The summed E-state index contributed by atoms with van der Waals surface area (Å²) < 4.78 is 5.12. The molecule has 0 bridgehead atoms. The normalized spacial score (nSPS) is 14.1. The largest absolute Gasteiger partial charge is 0.497 e. The molecule has 2 aromatic heterocycles. The number of hydrogen-bond donors (Lipinski definition) is 1. The van der Waals surface area contributed by atoms with E-state index in [0.29, 0.717) is 54.0 Å². The minimum atomic E-state index is -0.0315. The molecule has 0 atom stereocenters. The Hall–Kier alpha value is -3.27. The number of hydrogen-bond acceptors (Lipinski definition) is 7. The number of piperazine rings is 1. The van der Waals surface area contributed by atoms with Crippen LogP contribution in [0.3, 0.4) is 0 Å². The summed E-state index contributed by atoms with van der Waals surface area (Å²) in [5, 5.41) is 9.15. The Morgan fingerprint density at radius 1 is 1.14 bits per heavy atom. The standard InChI is InChI=1S/C19H20N6O3S/c1-28-15-4-2-13(3-5-15)19(27)25-8-6-24(7-9-25)16(26)10-14-11-29-18(22-14)17-20-12-21-23-17/h2-5,11-12H,6-10H2,1H3,(H,20,21,23). The number of rotatable bonds is 5. The van der Waals surface area contributed by atoms with Crippen LogP contribution in [-0.4, -0.2) is 75.1 Å². The van der Waals surface area contributed by atoms with Crippen molar-refractivity contribution in [3.05, 3.63) is 47.2 Å². The van der Waals surface area contributed by atoms with E-state index in [-0.39, 0.29) is 18.2 Å². The zero-order chi connectivity index (χ0) is 20.2. The first-order chi connectivity index (χ1) is 14.1. The molecule has 0 radical (unpaired) electrons. The van der Waals surface area contributed by atoms with Crippen LogP contribution in [0, 0.1) is 0 Å². The molecule has 1 saturated heterocycles. The van der Waals surface area contributed by atoms with Gasteiger partial charge < -0.3 is 14.5 Å². The molecule has 1 N–H and O–H groups in total. The lowest BCUT2D eigenvalue weighted by Crippen LogP contribution is -2.51. The molecule has 0 saturated carbocycles.